The minimum Gasteiger partial charge on any atom is -0.398 e. The number of sulfonamides is 1. The molecule has 1 aromatic heterocycles. The van der Waals surface area contributed by atoms with Crippen LogP contribution in [-0.2, 0) is 10.0 Å². The number of halogens is 2. The van der Waals surface area contributed by atoms with E-state index in [2.05, 4.69) is 30.6 Å². The van der Waals surface area contributed by atoms with Gasteiger partial charge in [-0.05, 0) is 28.1 Å². The Morgan fingerprint density at radius 1 is 1.44 bits per heavy atom. The number of anilines is 2. The summed E-state index contributed by atoms with van der Waals surface area (Å²) in [5.74, 6) is -0.911. The molecule has 0 unspecified atom stereocenters. The van der Waals surface area contributed by atoms with Crippen molar-refractivity contribution in [3.05, 3.63) is 34.8 Å². The number of rotatable bonds is 3. The van der Waals surface area contributed by atoms with Crippen LogP contribution in [-0.4, -0.2) is 18.4 Å². The normalized spacial score (nSPS) is 11.4. The Balaban J connectivity index is 2.44. The van der Waals surface area contributed by atoms with E-state index in [9.17, 15) is 12.8 Å². The molecule has 2 rings (SSSR count). The molecule has 0 aliphatic heterocycles. The first-order valence-electron chi connectivity index (χ1n) is 4.67. The van der Waals surface area contributed by atoms with E-state index in [1.165, 1.54) is 12.4 Å². The van der Waals surface area contributed by atoms with Crippen LogP contribution in [0.1, 0.15) is 0 Å². The van der Waals surface area contributed by atoms with Crippen molar-refractivity contribution in [2.75, 3.05) is 10.5 Å². The molecule has 0 bridgehead atoms. The number of imidazole rings is 1. The summed E-state index contributed by atoms with van der Waals surface area (Å²) in [4.78, 5) is 5.69. The maximum atomic E-state index is 13.6. The third-order valence-corrected chi connectivity index (χ3v) is 4.11. The standard InChI is InChI=1S/C9H8BrFN4O2S/c10-5-3-6(11)8(4-7(5)12)18(16,17)15-9-13-1-2-14-9/h1-4H,12H2,(H2,13,14,15). The fraction of sp³-hybridized carbons (Fsp3) is 0. The maximum absolute atomic E-state index is 13.6. The van der Waals surface area contributed by atoms with Crippen LogP contribution in [0.15, 0.2) is 33.9 Å². The topological polar surface area (TPSA) is 101 Å². The molecule has 0 fully saturated rings. The average Bonchev–Trinajstić information content (AvgIpc) is 2.75. The van der Waals surface area contributed by atoms with Crippen molar-refractivity contribution in [1.29, 1.82) is 0 Å². The fourth-order valence-corrected chi connectivity index (χ4v) is 2.64. The molecule has 0 aliphatic rings. The SMILES string of the molecule is Nc1cc(S(=O)(=O)Nc2ncc[nH]2)c(F)cc1Br. The molecule has 4 N–H and O–H groups in total. The zero-order valence-corrected chi connectivity index (χ0v) is 11.2. The van der Waals surface area contributed by atoms with Crippen LogP contribution >= 0.6 is 15.9 Å². The molecule has 9 heteroatoms. The Hall–Kier alpha value is -1.61. The van der Waals surface area contributed by atoms with Crippen molar-refractivity contribution in [3.8, 4) is 0 Å². The number of aromatic amines is 1. The summed E-state index contributed by atoms with van der Waals surface area (Å²) in [6.45, 7) is 0. The van der Waals surface area contributed by atoms with Gasteiger partial charge in [-0.3, -0.25) is 0 Å². The molecule has 0 saturated carbocycles. The number of H-pyrrole nitrogens is 1. The van der Waals surface area contributed by atoms with Crippen molar-refractivity contribution < 1.29 is 12.8 Å². The number of nitrogens with two attached hydrogens (primary N) is 1. The number of nitrogen functional groups attached to an aromatic ring is 1. The van der Waals surface area contributed by atoms with Gasteiger partial charge >= 0.3 is 0 Å². The molecule has 2 aromatic rings. The van der Waals surface area contributed by atoms with E-state index in [0.717, 1.165) is 12.1 Å². The summed E-state index contributed by atoms with van der Waals surface area (Å²) >= 11 is 3.01. The van der Waals surface area contributed by atoms with E-state index >= 15 is 0 Å². The summed E-state index contributed by atoms with van der Waals surface area (Å²) in [6, 6.07) is 2.02. The van der Waals surface area contributed by atoms with E-state index in [0.29, 0.717) is 0 Å². The van der Waals surface area contributed by atoms with E-state index in [1.807, 2.05) is 0 Å². The van der Waals surface area contributed by atoms with Gasteiger partial charge in [0.05, 0.1) is 0 Å². The molecule has 0 aliphatic carbocycles. The first-order chi connectivity index (χ1) is 8.40. The summed E-state index contributed by atoms with van der Waals surface area (Å²) in [5, 5.41) is 0. The summed E-state index contributed by atoms with van der Waals surface area (Å²) in [7, 11) is -4.07. The highest BCUT2D eigenvalue weighted by atomic mass is 79.9. The molecular weight excluding hydrogens is 327 g/mol. The quantitative estimate of drug-likeness (QED) is 0.743. The molecule has 6 nitrogen and oxygen atoms in total. The van der Waals surface area contributed by atoms with E-state index in [4.69, 9.17) is 5.73 Å². The molecule has 0 amide bonds. The minimum atomic E-state index is -4.07. The van der Waals surface area contributed by atoms with Crippen LogP contribution in [0.3, 0.4) is 0 Å². The highest BCUT2D eigenvalue weighted by molar-refractivity contribution is 9.10. The molecule has 0 atom stereocenters. The summed E-state index contributed by atoms with van der Waals surface area (Å²) in [6.07, 6.45) is 2.80. The van der Waals surface area contributed by atoms with Gasteiger partial charge in [0, 0.05) is 22.6 Å². The Morgan fingerprint density at radius 2 is 2.17 bits per heavy atom. The third-order valence-electron chi connectivity index (χ3n) is 2.07. The highest BCUT2D eigenvalue weighted by Gasteiger charge is 2.21. The maximum Gasteiger partial charge on any atom is 0.267 e. The van der Waals surface area contributed by atoms with Crippen molar-refractivity contribution >= 4 is 37.6 Å². The minimum absolute atomic E-state index is 0.00381. The second-order valence-electron chi connectivity index (χ2n) is 3.35. The van der Waals surface area contributed by atoms with Gasteiger partial charge in [-0.15, -0.1) is 0 Å². The van der Waals surface area contributed by atoms with Gasteiger partial charge in [0.25, 0.3) is 10.0 Å². The van der Waals surface area contributed by atoms with Crippen LogP contribution < -0.4 is 10.5 Å². The van der Waals surface area contributed by atoms with Crippen molar-refractivity contribution in [2.45, 2.75) is 4.90 Å². The lowest BCUT2D eigenvalue weighted by molar-refractivity contribution is 0.570. The smallest absolute Gasteiger partial charge is 0.267 e. The Morgan fingerprint density at radius 3 is 2.78 bits per heavy atom. The average molecular weight is 335 g/mol. The van der Waals surface area contributed by atoms with Crippen LogP contribution in [0.2, 0.25) is 0 Å². The van der Waals surface area contributed by atoms with Crippen molar-refractivity contribution in [2.24, 2.45) is 0 Å². The molecule has 0 saturated heterocycles. The van der Waals surface area contributed by atoms with Gasteiger partial charge in [0.15, 0.2) is 0 Å². The number of nitrogens with zero attached hydrogens (tertiary/aromatic N) is 1. The van der Waals surface area contributed by atoms with Crippen LogP contribution in [0, 0.1) is 5.82 Å². The Kier molecular flexibility index (Phi) is 3.26. The molecule has 1 aromatic carbocycles. The zero-order chi connectivity index (χ0) is 13.3. The molecular formula is C9H8BrFN4O2S. The predicted octanol–water partition coefficient (Wildman–Crippen LogP) is 1.69. The van der Waals surface area contributed by atoms with E-state index in [1.54, 1.807) is 0 Å². The fourth-order valence-electron chi connectivity index (χ4n) is 1.25. The molecule has 0 spiro atoms. The first kappa shape index (κ1) is 12.8. The van der Waals surface area contributed by atoms with Gasteiger partial charge in [-0.2, -0.15) is 0 Å². The van der Waals surface area contributed by atoms with Crippen LogP contribution in [0.25, 0.3) is 0 Å². The number of nitrogens with one attached hydrogen (secondary N) is 2. The number of hydrogen-bond donors (Lipinski definition) is 3. The lowest BCUT2D eigenvalue weighted by Crippen LogP contribution is -2.16. The molecule has 0 radical (unpaired) electrons. The largest absolute Gasteiger partial charge is 0.398 e. The van der Waals surface area contributed by atoms with Gasteiger partial charge < -0.3 is 10.7 Å². The second kappa shape index (κ2) is 4.58. The van der Waals surface area contributed by atoms with Gasteiger partial charge in [0.2, 0.25) is 5.95 Å². The number of aromatic nitrogens is 2. The van der Waals surface area contributed by atoms with Gasteiger partial charge in [0.1, 0.15) is 10.7 Å². The summed E-state index contributed by atoms with van der Waals surface area (Å²) < 4.78 is 39.8. The highest BCUT2D eigenvalue weighted by Crippen LogP contribution is 2.26. The first-order valence-corrected chi connectivity index (χ1v) is 6.94. The monoisotopic (exact) mass is 334 g/mol. The number of benzene rings is 1. The number of hydrogen-bond acceptors (Lipinski definition) is 4. The lowest BCUT2D eigenvalue weighted by Gasteiger charge is -2.08. The lowest BCUT2D eigenvalue weighted by atomic mass is 10.3. The van der Waals surface area contributed by atoms with Crippen LogP contribution in [0.5, 0.6) is 0 Å². The van der Waals surface area contributed by atoms with E-state index < -0.39 is 20.7 Å². The third kappa shape index (κ3) is 2.46. The Labute approximate surface area is 111 Å². The van der Waals surface area contributed by atoms with Gasteiger partial charge in [-0.25, -0.2) is 22.5 Å². The molecule has 96 valence electrons. The second-order valence-corrected chi connectivity index (χ2v) is 5.85. The molecule has 18 heavy (non-hydrogen) atoms. The predicted molar refractivity (Wildman–Crippen MR) is 67.9 cm³/mol. The van der Waals surface area contributed by atoms with Crippen molar-refractivity contribution in [1.82, 2.24) is 9.97 Å². The molecule has 1 heterocycles. The van der Waals surface area contributed by atoms with Crippen molar-refractivity contribution in [3.63, 3.8) is 0 Å². The van der Waals surface area contributed by atoms with Gasteiger partial charge in [-0.1, -0.05) is 0 Å². The zero-order valence-electron chi connectivity index (χ0n) is 8.81. The summed E-state index contributed by atoms with van der Waals surface area (Å²) in [5.41, 5.74) is 5.65. The van der Waals surface area contributed by atoms with Crippen LogP contribution in [0.4, 0.5) is 16.0 Å². The van der Waals surface area contributed by atoms with E-state index in [-0.39, 0.29) is 16.1 Å². The Bertz CT molecular complexity index is 672.